The van der Waals surface area contributed by atoms with Crippen molar-refractivity contribution in [2.75, 3.05) is 13.2 Å². The fourth-order valence-electron chi connectivity index (χ4n) is 4.57. The third-order valence-corrected chi connectivity index (χ3v) is 9.45. The van der Waals surface area contributed by atoms with Crippen molar-refractivity contribution in [3.05, 3.63) is 113 Å². The number of nitriles is 1. The molecule has 9 nitrogen and oxygen atoms in total. The number of aromatic nitrogens is 2. The van der Waals surface area contributed by atoms with Gasteiger partial charge in [-0.05, 0) is 68.7 Å². The molecule has 0 aliphatic heterocycles. The number of hydrogen-bond acceptors (Lipinski definition) is 10. The molecular formula is C37H43ClN3O6PS. The lowest BCUT2D eigenvalue weighted by atomic mass is 9.88. The van der Waals surface area contributed by atoms with Gasteiger partial charge in [0.1, 0.15) is 23.4 Å². The van der Waals surface area contributed by atoms with Crippen LogP contribution in [0.4, 0.5) is 0 Å². The predicted molar refractivity (Wildman–Crippen MR) is 195 cm³/mol. The SMILES string of the molecule is CC(C)[C@H](C(=O)O[C@H](C#N)c1cccc(Oc2ccccc2)c1)c1ccc(Cl)cc1.CCOP(=S)(OCC)Oc1cc(C)nc(C(C)C)n1. The molecule has 0 saturated carbocycles. The maximum Gasteiger partial charge on any atom is 0.381 e. The second-order valence-electron chi connectivity index (χ2n) is 11.4. The van der Waals surface area contributed by atoms with Crippen molar-refractivity contribution < 1.29 is 27.8 Å². The number of carbonyl (C=O) groups excluding carboxylic acids is 1. The van der Waals surface area contributed by atoms with Gasteiger partial charge in [0.25, 0.3) is 0 Å². The fourth-order valence-corrected chi connectivity index (χ4v) is 6.70. The zero-order valence-corrected chi connectivity index (χ0v) is 31.3. The molecule has 260 valence electrons. The zero-order chi connectivity index (χ0) is 36.0. The maximum atomic E-state index is 13.0. The molecule has 1 aromatic heterocycles. The molecule has 4 rings (SSSR count). The number of benzene rings is 3. The highest BCUT2D eigenvalue weighted by Gasteiger charge is 2.29. The third-order valence-electron chi connectivity index (χ3n) is 6.78. The number of hydrogen-bond donors (Lipinski definition) is 0. The number of halogens is 1. The van der Waals surface area contributed by atoms with Crippen LogP contribution in [0.1, 0.15) is 82.1 Å². The molecule has 0 amide bonds. The first-order valence-corrected chi connectivity index (χ1v) is 18.9. The van der Waals surface area contributed by atoms with E-state index in [1.807, 2.05) is 90.9 Å². The minimum atomic E-state index is -2.77. The summed E-state index contributed by atoms with van der Waals surface area (Å²) in [5.74, 6) is 1.65. The van der Waals surface area contributed by atoms with Crippen LogP contribution in [0.5, 0.6) is 17.4 Å². The Labute approximate surface area is 299 Å². The van der Waals surface area contributed by atoms with Crippen LogP contribution < -0.4 is 9.26 Å². The normalized spacial score (nSPS) is 12.3. The number of nitrogens with zero attached hydrogens (tertiary/aromatic N) is 3. The minimum Gasteiger partial charge on any atom is -0.457 e. The highest BCUT2D eigenvalue weighted by molar-refractivity contribution is 8.07. The Morgan fingerprint density at radius 1 is 0.878 bits per heavy atom. The number of carbonyl (C=O) groups is 1. The Morgan fingerprint density at radius 3 is 2.08 bits per heavy atom. The highest BCUT2D eigenvalue weighted by atomic mass is 35.5. The predicted octanol–water partition coefficient (Wildman–Crippen LogP) is 10.3. The Hall–Kier alpha value is -3.84. The van der Waals surface area contributed by atoms with Gasteiger partial charge in [0.05, 0.1) is 19.1 Å². The molecule has 0 spiro atoms. The zero-order valence-electron chi connectivity index (χ0n) is 28.8. The third kappa shape index (κ3) is 12.5. The van der Waals surface area contributed by atoms with Gasteiger partial charge in [-0.25, -0.2) is 4.98 Å². The Bertz CT molecular complexity index is 1720. The number of rotatable bonds is 14. The summed E-state index contributed by atoms with van der Waals surface area (Å²) in [5.41, 5.74) is 2.19. The van der Waals surface area contributed by atoms with E-state index in [1.54, 1.807) is 42.5 Å². The minimum absolute atomic E-state index is 0.00855. The molecule has 0 radical (unpaired) electrons. The molecule has 0 fully saturated rings. The molecule has 2 atom stereocenters. The van der Waals surface area contributed by atoms with Crippen molar-refractivity contribution in [3.63, 3.8) is 0 Å². The standard InChI is InChI=1S/C25H22ClNO3.C12H21N2O3PS/c1-17(2)24(18-11-13-20(26)14-12-18)25(28)30-23(16-27)19-7-6-10-22(15-19)29-21-8-4-3-5-9-21;1-6-15-18(19,16-7-2)17-11-8-10(5)13-12(14-11)9(3)4/h3-15,17,23-24H,1-2H3;8-9H,6-7H2,1-5H3/t23-,24+;/m1./s1. The lowest BCUT2D eigenvalue weighted by molar-refractivity contribution is -0.150. The van der Waals surface area contributed by atoms with Gasteiger partial charge in [-0.3, -0.25) is 13.8 Å². The summed E-state index contributed by atoms with van der Waals surface area (Å²) in [6.07, 6.45) is -1.04. The smallest absolute Gasteiger partial charge is 0.381 e. The summed E-state index contributed by atoms with van der Waals surface area (Å²) >= 11 is 11.3. The van der Waals surface area contributed by atoms with E-state index in [2.05, 4.69) is 16.0 Å². The van der Waals surface area contributed by atoms with Crippen molar-refractivity contribution >= 4 is 36.1 Å². The van der Waals surface area contributed by atoms with Crippen LogP contribution in [0, 0.1) is 24.2 Å². The van der Waals surface area contributed by atoms with Gasteiger partial charge < -0.3 is 14.0 Å². The molecule has 49 heavy (non-hydrogen) atoms. The van der Waals surface area contributed by atoms with Gasteiger partial charge in [0.15, 0.2) is 0 Å². The summed E-state index contributed by atoms with van der Waals surface area (Å²) in [7, 11) is 0. The Kier molecular flexibility index (Phi) is 15.7. The average molecular weight is 724 g/mol. The number of ether oxygens (including phenoxy) is 2. The van der Waals surface area contributed by atoms with E-state index in [0.29, 0.717) is 41.2 Å². The summed E-state index contributed by atoms with van der Waals surface area (Å²) in [5, 5.41) is 10.2. The largest absolute Gasteiger partial charge is 0.457 e. The van der Waals surface area contributed by atoms with Gasteiger partial charge in [0.2, 0.25) is 12.0 Å². The quantitative estimate of drug-likeness (QED) is 0.0920. The fraction of sp³-hybridized carbons (Fsp3) is 0.351. The first kappa shape index (κ1) is 39.6. The molecular weight excluding hydrogens is 681 g/mol. The van der Waals surface area contributed by atoms with E-state index < -0.39 is 24.7 Å². The van der Waals surface area contributed by atoms with Gasteiger partial charge >= 0.3 is 12.7 Å². The lowest BCUT2D eigenvalue weighted by Crippen LogP contribution is -2.22. The molecule has 0 aliphatic carbocycles. The molecule has 0 unspecified atom stereocenters. The molecule has 0 aliphatic rings. The van der Waals surface area contributed by atoms with Crippen LogP contribution in [0.2, 0.25) is 5.02 Å². The van der Waals surface area contributed by atoms with Crippen LogP contribution in [0.25, 0.3) is 0 Å². The highest BCUT2D eigenvalue weighted by Crippen LogP contribution is 2.49. The van der Waals surface area contributed by atoms with Crippen molar-refractivity contribution in [1.82, 2.24) is 9.97 Å². The number of esters is 1. The molecule has 1 heterocycles. The van der Waals surface area contributed by atoms with Gasteiger partial charge in [-0.1, -0.05) is 81.8 Å². The van der Waals surface area contributed by atoms with Gasteiger partial charge in [-0.15, -0.1) is 0 Å². The van der Waals surface area contributed by atoms with Crippen LogP contribution in [-0.2, 0) is 30.4 Å². The Morgan fingerprint density at radius 2 is 1.51 bits per heavy atom. The van der Waals surface area contributed by atoms with Crippen LogP contribution >= 0.6 is 18.3 Å². The lowest BCUT2D eigenvalue weighted by Gasteiger charge is -2.22. The van der Waals surface area contributed by atoms with Gasteiger partial charge in [0, 0.05) is 40.1 Å². The first-order chi connectivity index (χ1) is 23.4. The van der Waals surface area contributed by atoms with E-state index in [4.69, 9.17) is 46.5 Å². The topological polar surface area (TPSA) is 113 Å². The van der Waals surface area contributed by atoms with Crippen molar-refractivity contribution in [2.45, 2.75) is 66.4 Å². The molecule has 4 aromatic rings. The Balaban J connectivity index is 0.000000295. The molecule has 0 bridgehead atoms. The number of para-hydroxylation sites is 1. The van der Waals surface area contributed by atoms with Gasteiger partial charge in [-0.2, -0.15) is 10.2 Å². The summed E-state index contributed by atoms with van der Waals surface area (Å²) in [6, 6.07) is 27.3. The van der Waals surface area contributed by atoms with Crippen LogP contribution in [0.15, 0.2) is 84.9 Å². The number of aryl methyl sites for hydroxylation is 1. The van der Waals surface area contributed by atoms with Crippen molar-refractivity contribution in [2.24, 2.45) is 5.92 Å². The van der Waals surface area contributed by atoms with Crippen molar-refractivity contribution in [3.8, 4) is 23.4 Å². The van der Waals surface area contributed by atoms with E-state index >= 15 is 0 Å². The van der Waals surface area contributed by atoms with Crippen LogP contribution in [0.3, 0.4) is 0 Å². The monoisotopic (exact) mass is 723 g/mol. The van der Waals surface area contributed by atoms with Crippen LogP contribution in [-0.4, -0.2) is 29.2 Å². The maximum absolute atomic E-state index is 13.0. The molecule has 3 aromatic carbocycles. The second kappa shape index (κ2) is 19.4. The van der Waals surface area contributed by atoms with E-state index in [0.717, 1.165) is 17.1 Å². The second-order valence-corrected chi connectivity index (χ2v) is 14.8. The van der Waals surface area contributed by atoms with E-state index in [-0.39, 0.29) is 11.8 Å². The summed E-state index contributed by atoms with van der Waals surface area (Å²) < 4.78 is 28.0. The molecule has 12 heteroatoms. The molecule has 0 saturated heterocycles. The van der Waals surface area contributed by atoms with E-state index in [1.165, 1.54) is 0 Å². The summed E-state index contributed by atoms with van der Waals surface area (Å²) in [6.45, 7) is 11.7. The van der Waals surface area contributed by atoms with Crippen molar-refractivity contribution in [1.29, 1.82) is 5.26 Å². The summed E-state index contributed by atoms with van der Waals surface area (Å²) in [4.78, 5) is 21.7. The average Bonchev–Trinajstić information content (AvgIpc) is 3.05. The molecule has 0 N–H and O–H groups in total. The van der Waals surface area contributed by atoms with E-state index in [9.17, 15) is 10.1 Å². The first-order valence-electron chi connectivity index (χ1n) is 16.0.